The van der Waals surface area contributed by atoms with E-state index < -0.39 is 0 Å². The number of anilines is 8. The van der Waals surface area contributed by atoms with Crippen LogP contribution >= 0.6 is 0 Å². The van der Waals surface area contributed by atoms with Gasteiger partial charge in [-0.3, -0.25) is 0 Å². The third-order valence-electron chi connectivity index (χ3n) is 21.2. The SMILES string of the molecule is CC(C)(C)c1ccc(N2c3cc(N4c5ccc(C(C)(C)C)cc5C5(C)CCCC45C)ccc3B3c4cc5c(cc4N(c4ccc(C(C)(C)C)cc4-c4ccccc4)c4cc(C(C)(C)C)cc2c43)C(C)(C)CCC5(C)C)c(-c2ccccc2)c1. The maximum absolute atomic E-state index is 2.80. The van der Waals surface area contributed by atoms with Gasteiger partial charge < -0.3 is 14.7 Å². The first kappa shape index (κ1) is 55.4. The molecule has 4 heteroatoms. The van der Waals surface area contributed by atoms with Crippen LogP contribution in [0.25, 0.3) is 22.3 Å². The van der Waals surface area contributed by atoms with E-state index in [4.69, 9.17) is 0 Å². The fourth-order valence-electron chi connectivity index (χ4n) is 15.7. The molecule has 2 unspecified atom stereocenters. The first-order valence-corrected chi connectivity index (χ1v) is 31.4. The first-order chi connectivity index (χ1) is 38.9. The molecule has 3 aliphatic heterocycles. The van der Waals surface area contributed by atoms with Gasteiger partial charge in [0.15, 0.2) is 0 Å². The Bertz CT molecular complexity index is 3930. The first-order valence-electron chi connectivity index (χ1n) is 31.4. The topological polar surface area (TPSA) is 9.72 Å². The molecule has 2 atom stereocenters. The van der Waals surface area contributed by atoms with Gasteiger partial charge in [-0.15, -0.1) is 0 Å². The van der Waals surface area contributed by atoms with E-state index in [1.165, 1.54) is 136 Å². The molecule has 0 radical (unpaired) electrons. The van der Waals surface area contributed by atoms with Crippen LogP contribution in [0.3, 0.4) is 0 Å². The molecule has 1 saturated carbocycles. The predicted octanol–water partition coefficient (Wildman–Crippen LogP) is 20.0. The number of rotatable bonds is 5. The molecule has 5 aliphatic rings. The smallest absolute Gasteiger partial charge is 0.252 e. The summed E-state index contributed by atoms with van der Waals surface area (Å²) in [4.78, 5) is 8.28. The van der Waals surface area contributed by atoms with Crippen LogP contribution < -0.4 is 31.1 Å². The van der Waals surface area contributed by atoms with E-state index in [0.717, 1.165) is 19.3 Å². The van der Waals surface area contributed by atoms with Crippen LogP contribution in [0.4, 0.5) is 45.5 Å². The van der Waals surface area contributed by atoms with Crippen molar-refractivity contribution in [3.63, 3.8) is 0 Å². The van der Waals surface area contributed by atoms with E-state index in [9.17, 15) is 0 Å². The largest absolute Gasteiger partial charge is 0.334 e. The van der Waals surface area contributed by atoms with Crippen molar-refractivity contribution in [1.82, 2.24) is 0 Å². The van der Waals surface area contributed by atoms with Crippen molar-refractivity contribution in [3.05, 3.63) is 197 Å². The minimum atomic E-state index is -0.188. The van der Waals surface area contributed by atoms with Crippen molar-refractivity contribution in [2.24, 2.45) is 0 Å². The Labute approximate surface area is 499 Å². The summed E-state index contributed by atoms with van der Waals surface area (Å²) < 4.78 is 0. The number of hydrogen-bond donors (Lipinski definition) is 0. The second-order valence-electron chi connectivity index (χ2n) is 31.7. The molecular formula is C79H90BN3. The van der Waals surface area contributed by atoms with Gasteiger partial charge in [0.1, 0.15) is 0 Å². The van der Waals surface area contributed by atoms with E-state index in [1.54, 1.807) is 0 Å². The summed E-state index contributed by atoms with van der Waals surface area (Å²) in [5.74, 6) is 0. The molecule has 0 bridgehead atoms. The number of benzene rings is 8. The van der Waals surface area contributed by atoms with Crippen LogP contribution in [0.15, 0.2) is 158 Å². The third kappa shape index (κ3) is 8.55. The van der Waals surface area contributed by atoms with Gasteiger partial charge in [0.2, 0.25) is 0 Å². The predicted molar refractivity (Wildman–Crippen MR) is 360 cm³/mol. The van der Waals surface area contributed by atoms with Crippen molar-refractivity contribution in [3.8, 4) is 22.3 Å². The second-order valence-corrected chi connectivity index (χ2v) is 31.7. The fraction of sp³-hybridized carbons (Fsp3) is 0.392. The van der Waals surface area contributed by atoms with Gasteiger partial charge in [0.05, 0.1) is 16.9 Å². The molecule has 83 heavy (non-hydrogen) atoms. The van der Waals surface area contributed by atoms with Crippen LogP contribution in [0.1, 0.15) is 196 Å². The van der Waals surface area contributed by atoms with Gasteiger partial charge in [-0.05, 0) is 192 Å². The Balaban J connectivity index is 1.18. The van der Waals surface area contributed by atoms with E-state index >= 15 is 0 Å². The highest BCUT2D eigenvalue weighted by molar-refractivity contribution is 7.00. The van der Waals surface area contributed by atoms with Crippen molar-refractivity contribution in [2.75, 3.05) is 14.7 Å². The van der Waals surface area contributed by atoms with E-state index in [2.05, 4.69) is 297 Å². The van der Waals surface area contributed by atoms with Crippen LogP contribution in [0.2, 0.25) is 0 Å². The molecule has 3 nitrogen and oxygen atoms in total. The third-order valence-corrected chi connectivity index (χ3v) is 21.2. The second kappa shape index (κ2) is 18.4. The molecule has 0 N–H and O–H groups in total. The molecular weight excluding hydrogens is 1000 g/mol. The molecule has 8 aromatic rings. The Morgan fingerprint density at radius 1 is 0.361 bits per heavy atom. The Morgan fingerprint density at radius 2 is 0.819 bits per heavy atom. The molecule has 2 aliphatic carbocycles. The number of fused-ring (bicyclic) bond motifs is 8. The molecule has 424 valence electrons. The van der Waals surface area contributed by atoms with Gasteiger partial charge in [-0.2, -0.15) is 0 Å². The summed E-state index contributed by atoms with van der Waals surface area (Å²) >= 11 is 0. The zero-order chi connectivity index (χ0) is 58.9. The van der Waals surface area contributed by atoms with E-state index in [1.807, 2.05) is 0 Å². The average molecular weight is 1090 g/mol. The molecule has 0 saturated heterocycles. The van der Waals surface area contributed by atoms with Crippen molar-refractivity contribution in [1.29, 1.82) is 0 Å². The standard InChI is InChI=1S/C79H90BN3/c1-72(2,3)52-30-35-64(57(42-52)50-26-21-19-22-27-50)81-67-47-56(83-66-37-32-54(74(7,8)9)44-61(66)78(17)38-25-39-79(78,83)18)33-34-62(67)80-63-48-59-60(77(15,16)41-40-76(59,13)14)49-68(63)82(70-46-55(75(10,11)12)45-69(81)71(70)80)65-36-31-53(73(4,5)6)43-58(65)51-28-23-20-24-29-51/h19-24,26-37,42-49H,25,38-41H2,1-18H3. The van der Waals surface area contributed by atoms with Gasteiger partial charge in [0.25, 0.3) is 6.71 Å². The lowest BCUT2D eigenvalue weighted by Gasteiger charge is -2.48. The fourth-order valence-corrected chi connectivity index (χ4v) is 15.7. The average Bonchev–Trinajstić information content (AvgIpc) is 3.30. The molecule has 8 aromatic carbocycles. The maximum atomic E-state index is 2.80. The van der Waals surface area contributed by atoms with Crippen molar-refractivity contribution in [2.45, 2.75) is 200 Å². The Morgan fingerprint density at radius 3 is 1.31 bits per heavy atom. The van der Waals surface area contributed by atoms with Crippen LogP contribution in [-0.4, -0.2) is 12.3 Å². The molecule has 1 fully saturated rings. The Kier molecular flexibility index (Phi) is 12.3. The quantitative estimate of drug-likeness (QED) is 0.159. The van der Waals surface area contributed by atoms with Crippen LogP contribution in [0.5, 0.6) is 0 Å². The summed E-state index contributed by atoms with van der Waals surface area (Å²) in [6, 6.07) is 63.1. The summed E-state index contributed by atoms with van der Waals surface area (Å²) in [5.41, 5.74) is 28.7. The van der Waals surface area contributed by atoms with Crippen molar-refractivity contribution < 1.29 is 0 Å². The highest BCUT2D eigenvalue weighted by Gasteiger charge is 2.60. The summed E-state index contributed by atoms with van der Waals surface area (Å²) in [7, 11) is 0. The monoisotopic (exact) mass is 1090 g/mol. The lowest BCUT2D eigenvalue weighted by molar-refractivity contribution is 0.330. The number of hydrogen-bond acceptors (Lipinski definition) is 3. The molecule has 13 rings (SSSR count). The van der Waals surface area contributed by atoms with E-state index in [-0.39, 0.29) is 50.2 Å². The number of nitrogens with zero attached hydrogens (tertiary/aromatic N) is 3. The highest BCUT2D eigenvalue weighted by atomic mass is 15.3. The minimum absolute atomic E-state index is 0.000377. The Hall–Kier alpha value is -6.78. The van der Waals surface area contributed by atoms with Gasteiger partial charge in [-0.1, -0.05) is 221 Å². The van der Waals surface area contributed by atoms with E-state index in [0.29, 0.717) is 0 Å². The van der Waals surface area contributed by atoms with Gasteiger partial charge >= 0.3 is 0 Å². The minimum Gasteiger partial charge on any atom is -0.334 e. The maximum Gasteiger partial charge on any atom is 0.252 e. The zero-order valence-corrected chi connectivity index (χ0v) is 53.5. The lowest BCUT2D eigenvalue weighted by Crippen LogP contribution is -2.62. The lowest BCUT2D eigenvalue weighted by atomic mass is 9.33. The summed E-state index contributed by atoms with van der Waals surface area (Å²) in [6.07, 6.45) is 5.83. The van der Waals surface area contributed by atoms with Crippen LogP contribution in [0, 0.1) is 0 Å². The molecule has 0 spiro atoms. The molecule has 0 amide bonds. The van der Waals surface area contributed by atoms with Gasteiger partial charge in [-0.25, -0.2) is 0 Å². The molecule has 0 aromatic heterocycles. The highest BCUT2D eigenvalue weighted by Crippen LogP contribution is 2.63. The van der Waals surface area contributed by atoms with Crippen molar-refractivity contribution >= 4 is 68.6 Å². The normalized spacial score (nSPS) is 20.4. The van der Waals surface area contributed by atoms with Crippen LogP contribution in [-0.2, 0) is 37.9 Å². The molecule has 3 heterocycles. The summed E-state index contributed by atoms with van der Waals surface area (Å²) in [6.45, 7) is 43.6. The van der Waals surface area contributed by atoms with Gasteiger partial charge in [0, 0.05) is 50.7 Å². The zero-order valence-electron chi connectivity index (χ0n) is 53.5. The summed E-state index contributed by atoms with van der Waals surface area (Å²) in [5, 5.41) is 0.